The molecule has 1 saturated heterocycles. The summed E-state index contributed by atoms with van der Waals surface area (Å²) in [5.41, 5.74) is 0. The minimum Gasteiger partial charge on any atom is -0.262 e. The zero-order valence-corrected chi connectivity index (χ0v) is 12.6. The monoisotopic (exact) mass is 336 g/mol. The summed E-state index contributed by atoms with van der Waals surface area (Å²) in [5, 5.41) is 0.346. The first-order valence-corrected chi connectivity index (χ1v) is 8.50. The van der Waals surface area contributed by atoms with Crippen LogP contribution in [0, 0.1) is 0 Å². The van der Waals surface area contributed by atoms with Crippen molar-refractivity contribution in [1.82, 2.24) is 9.29 Å². The van der Waals surface area contributed by atoms with Crippen LogP contribution in [0.2, 0.25) is 0 Å². The van der Waals surface area contributed by atoms with Crippen LogP contribution in [0.3, 0.4) is 0 Å². The van der Waals surface area contributed by atoms with Crippen molar-refractivity contribution in [2.45, 2.75) is 17.1 Å². The topological polar surface area (TPSA) is 50.3 Å². The van der Waals surface area contributed by atoms with Gasteiger partial charge < -0.3 is 0 Å². The Morgan fingerprint density at radius 1 is 1.53 bits per heavy atom. The molecule has 2 rings (SSSR count). The Kier molecular flexibility index (Phi) is 4.12. The average molecular weight is 337 g/mol. The van der Waals surface area contributed by atoms with Gasteiger partial charge >= 0.3 is 0 Å². The number of pyridine rings is 1. The third kappa shape index (κ3) is 3.01. The zero-order chi connectivity index (χ0) is 12.5. The van der Waals surface area contributed by atoms with Gasteiger partial charge in [0.15, 0.2) is 0 Å². The summed E-state index contributed by atoms with van der Waals surface area (Å²) in [5.74, 6) is 0.849. The summed E-state index contributed by atoms with van der Waals surface area (Å²) in [6.07, 6.45) is 2.97. The van der Waals surface area contributed by atoms with Gasteiger partial charge in [0.05, 0.1) is 0 Å². The Morgan fingerprint density at radius 2 is 2.29 bits per heavy atom. The molecule has 0 bridgehead atoms. The second-order valence-electron chi connectivity index (χ2n) is 3.88. The van der Waals surface area contributed by atoms with Crippen LogP contribution in [0.25, 0.3) is 0 Å². The van der Waals surface area contributed by atoms with Gasteiger partial charge in [-0.1, -0.05) is 6.92 Å². The number of hydrogen-bond acceptors (Lipinski definition) is 4. The van der Waals surface area contributed by atoms with Crippen molar-refractivity contribution in [3.63, 3.8) is 0 Å². The Bertz CT molecular complexity index is 507. The van der Waals surface area contributed by atoms with E-state index in [2.05, 4.69) is 20.9 Å². The van der Waals surface area contributed by atoms with E-state index in [1.807, 2.05) is 6.92 Å². The molecule has 0 amide bonds. The van der Waals surface area contributed by atoms with Crippen LogP contribution < -0.4 is 0 Å². The van der Waals surface area contributed by atoms with E-state index in [0.29, 0.717) is 22.8 Å². The van der Waals surface area contributed by atoms with Gasteiger partial charge in [0.25, 0.3) is 0 Å². The van der Waals surface area contributed by atoms with Crippen LogP contribution in [0.1, 0.15) is 6.92 Å². The molecule has 0 spiro atoms. The lowest BCUT2D eigenvalue weighted by atomic mass is 10.4. The number of nitrogens with zero attached hydrogens (tertiary/aromatic N) is 2. The quantitative estimate of drug-likeness (QED) is 0.828. The first kappa shape index (κ1) is 13.3. The number of thioether (sulfide) groups is 1. The summed E-state index contributed by atoms with van der Waals surface area (Å²) in [4.78, 5) is 4.16. The molecule has 1 aliphatic rings. The van der Waals surface area contributed by atoms with Crippen LogP contribution in [0.5, 0.6) is 0 Å². The molecule has 1 aliphatic heterocycles. The lowest BCUT2D eigenvalue weighted by Gasteiger charge is -2.29. The predicted octanol–water partition coefficient (Wildman–Crippen LogP) is 1.97. The number of sulfonamides is 1. The second-order valence-corrected chi connectivity index (χ2v) is 8.28. The van der Waals surface area contributed by atoms with Crippen LogP contribution >= 0.6 is 27.7 Å². The Hall–Kier alpha value is -0.110. The molecule has 0 aromatic carbocycles. The SMILES string of the molecule is CC1CN(S(=O)(=O)c2cncc(Br)c2)CCS1. The second kappa shape index (κ2) is 5.26. The highest BCUT2D eigenvalue weighted by Gasteiger charge is 2.29. The van der Waals surface area contributed by atoms with Gasteiger partial charge in [0, 0.05) is 41.0 Å². The molecule has 1 aromatic heterocycles. The maximum atomic E-state index is 12.3. The minimum atomic E-state index is -3.39. The largest absolute Gasteiger partial charge is 0.262 e. The third-order valence-electron chi connectivity index (χ3n) is 2.52. The molecule has 2 heterocycles. The molecular weight excluding hydrogens is 324 g/mol. The third-order valence-corrected chi connectivity index (χ3v) is 5.92. The van der Waals surface area contributed by atoms with Gasteiger partial charge in [-0.25, -0.2) is 8.42 Å². The van der Waals surface area contributed by atoms with E-state index in [1.165, 1.54) is 10.5 Å². The van der Waals surface area contributed by atoms with Gasteiger partial charge in [-0.05, 0) is 22.0 Å². The van der Waals surface area contributed by atoms with Crippen LogP contribution in [0.15, 0.2) is 27.8 Å². The van der Waals surface area contributed by atoms with E-state index in [4.69, 9.17) is 0 Å². The van der Waals surface area contributed by atoms with Crippen LogP contribution in [-0.2, 0) is 10.0 Å². The number of hydrogen-bond donors (Lipinski definition) is 0. The molecule has 1 unspecified atom stereocenters. The summed E-state index contributed by atoms with van der Waals surface area (Å²) in [6.45, 7) is 3.19. The maximum absolute atomic E-state index is 12.3. The van der Waals surface area contributed by atoms with Gasteiger partial charge in [-0.2, -0.15) is 16.1 Å². The fourth-order valence-electron chi connectivity index (χ4n) is 1.69. The smallest absolute Gasteiger partial charge is 0.244 e. The molecular formula is C10H13BrN2O2S2. The molecule has 0 N–H and O–H groups in total. The van der Waals surface area contributed by atoms with Gasteiger partial charge in [0.2, 0.25) is 10.0 Å². The van der Waals surface area contributed by atoms with Gasteiger partial charge in [-0.15, -0.1) is 0 Å². The molecule has 1 fully saturated rings. The van der Waals surface area contributed by atoms with Crippen LogP contribution in [-0.4, -0.2) is 41.8 Å². The van der Waals surface area contributed by atoms with Crippen molar-refractivity contribution < 1.29 is 8.42 Å². The fourth-order valence-corrected chi connectivity index (χ4v) is 4.95. The summed E-state index contributed by atoms with van der Waals surface area (Å²) in [7, 11) is -3.39. The molecule has 0 saturated carbocycles. The molecule has 17 heavy (non-hydrogen) atoms. The predicted molar refractivity (Wildman–Crippen MR) is 72.6 cm³/mol. The molecule has 4 nitrogen and oxygen atoms in total. The molecule has 1 aromatic rings. The van der Waals surface area contributed by atoms with Gasteiger partial charge in [0.1, 0.15) is 4.90 Å². The highest BCUT2D eigenvalue weighted by atomic mass is 79.9. The van der Waals surface area contributed by atoms with Crippen molar-refractivity contribution in [2.75, 3.05) is 18.8 Å². The average Bonchev–Trinajstić information content (AvgIpc) is 2.29. The Balaban J connectivity index is 2.29. The number of halogens is 1. The van der Waals surface area contributed by atoms with E-state index < -0.39 is 10.0 Å². The molecule has 94 valence electrons. The number of rotatable bonds is 2. The highest BCUT2D eigenvalue weighted by molar-refractivity contribution is 9.10. The maximum Gasteiger partial charge on any atom is 0.244 e. The Morgan fingerprint density at radius 3 is 2.94 bits per heavy atom. The van der Waals surface area contributed by atoms with Crippen molar-refractivity contribution >= 4 is 37.7 Å². The minimum absolute atomic E-state index is 0.256. The normalized spacial score (nSPS) is 22.6. The van der Waals surface area contributed by atoms with E-state index >= 15 is 0 Å². The molecule has 1 atom stereocenters. The summed E-state index contributed by atoms with van der Waals surface area (Å²) < 4.78 is 26.9. The van der Waals surface area contributed by atoms with Crippen molar-refractivity contribution in [3.8, 4) is 0 Å². The molecule has 0 radical (unpaired) electrons. The fraction of sp³-hybridized carbons (Fsp3) is 0.500. The van der Waals surface area contributed by atoms with Gasteiger partial charge in [-0.3, -0.25) is 4.98 Å². The van der Waals surface area contributed by atoms with Crippen LogP contribution in [0.4, 0.5) is 0 Å². The Labute approximate surface area is 114 Å². The number of aromatic nitrogens is 1. The first-order chi connectivity index (χ1) is 8.00. The zero-order valence-electron chi connectivity index (χ0n) is 9.34. The van der Waals surface area contributed by atoms with E-state index in [-0.39, 0.29) is 4.90 Å². The highest BCUT2D eigenvalue weighted by Crippen LogP contribution is 2.24. The van der Waals surface area contributed by atoms with E-state index in [0.717, 1.165) is 5.75 Å². The molecule has 7 heteroatoms. The van der Waals surface area contributed by atoms with Crippen molar-refractivity contribution in [2.24, 2.45) is 0 Å². The summed E-state index contributed by atoms with van der Waals surface area (Å²) >= 11 is 5.05. The van der Waals surface area contributed by atoms with E-state index in [1.54, 1.807) is 24.0 Å². The van der Waals surface area contributed by atoms with E-state index in [9.17, 15) is 8.42 Å². The lowest BCUT2D eigenvalue weighted by Crippen LogP contribution is -2.40. The standard InChI is InChI=1S/C10H13BrN2O2S2/c1-8-7-13(2-3-16-8)17(14,15)10-4-9(11)5-12-6-10/h4-6,8H,2-3,7H2,1H3. The summed E-state index contributed by atoms with van der Waals surface area (Å²) in [6, 6.07) is 1.59. The first-order valence-electron chi connectivity index (χ1n) is 5.22. The lowest BCUT2D eigenvalue weighted by molar-refractivity contribution is 0.424. The van der Waals surface area contributed by atoms with Crippen molar-refractivity contribution in [3.05, 3.63) is 22.9 Å². The molecule has 0 aliphatic carbocycles. The van der Waals surface area contributed by atoms with Crippen molar-refractivity contribution in [1.29, 1.82) is 0 Å².